The average Bonchev–Trinajstić information content (AvgIpc) is 2.77. The summed E-state index contributed by atoms with van der Waals surface area (Å²) in [6, 6.07) is 6.79. The predicted molar refractivity (Wildman–Crippen MR) is 129 cm³/mol. The highest BCUT2D eigenvalue weighted by molar-refractivity contribution is 7.13. The first-order chi connectivity index (χ1) is 11.5. The molecule has 3 nitrogen and oxygen atoms in total. The lowest BCUT2D eigenvalue weighted by molar-refractivity contribution is 0.598. The van der Waals surface area contributed by atoms with Crippen LogP contribution in [-0.2, 0) is 4.41 Å². The molecule has 0 unspecified atom stereocenters. The molecule has 0 amide bonds. The van der Waals surface area contributed by atoms with Gasteiger partial charge in [0.1, 0.15) is 5.52 Å². The van der Waals surface area contributed by atoms with Gasteiger partial charge in [0.2, 0.25) is 0 Å². The Labute approximate surface area is 164 Å². The minimum Gasteiger partial charge on any atom is -0.247 e. The van der Waals surface area contributed by atoms with Crippen LogP contribution in [0.2, 0.25) is 78.6 Å². The van der Waals surface area contributed by atoms with E-state index < -0.39 is 32.3 Å². The molecule has 0 saturated heterocycles. The Bertz CT molecular complexity index is 763. The van der Waals surface area contributed by atoms with E-state index in [2.05, 4.69) is 101 Å². The molecule has 0 atom stereocenters. The maximum Gasteiger partial charge on any atom is 0.112 e. The van der Waals surface area contributed by atoms with Crippen LogP contribution >= 0.6 is 0 Å². The van der Waals surface area contributed by atoms with Crippen LogP contribution in [0.15, 0.2) is 18.2 Å². The maximum atomic E-state index is 4.93. The quantitative estimate of drug-likeness (QED) is 0.613. The van der Waals surface area contributed by atoms with Gasteiger partial charge in [-0.05, 0) is 11.3 Å². The highest BCUT2D eigenvalue weighted by Crippen LogP contribution is 2.46. The van der Waals surface area contributed by atoms with Gasteiger partial charge in [-0.3, -0.25) is 0 Å². The van der Waals surface area contributed by atoms with Crippen molar-refractivity contribution in [3.63, 3.8) is 0 Å². The zero-order valence-electron chi connectivity index (χ0n) is 19.1. The van der Waals surface area contributed by atoms with Crippen LogP contribution in [0.4, 0.5) is 0 Å². The third-order valence-corrected chi connectivity index (χ3v) is 28.5. The first kappa shape index (κ1) is 21.8. The molecule has 0 N–H and O–H groups in total. The number of fused-ring (bicyclic) bond motifs is 1. The van der Waals surface area contributed by atoms with Crippen molar-refractivity contribution < 1.29 is 0 Å². The lowest BCUT2D eigenvalue weighted by Crippen LogP contribution is -2.77. The second-order valence-corrected chi connectivity index (χ2v) is 34.1. The van der Waals surface area contributed by atoms with Gasteiger partial charge >= 0.3 is 0 Å². The highest BCUT2D eigenvalue weighted by Gasteiger charge is 2.62. The van der Waals surface area contributed by atoms with Gasteiger partial charge in [-0.15, -0.1) is 5.10 Å². The summed E-state index contributed by atoms with van der Waals surface area (Å²) >= 11 is 0. The monoisotopic (exact) mass is 421 g/mol. The van der Waals surface area contributed by atoms with Gasteiger partial charge in [0.05, 0.1) is 37.8 Å². The van der Waals surface area contributed by atoms with Crippen molar-refractivity contribution in [2.45, 2.75) is 83.0 Å². The molecule has 1 heterocycles. The molecule has 0 spiro atoms. The molecule has 2 aromatic rings. The number of nitrogens with zero attached hydrogens (tertiary/aromatic N) is 3. The Balaban J connectivity index is 3.02. The Morgan fingerprint density at radius 2 is 1.19 bits per heavy atom. The van der Waals surface area contributed by atoms with Gasteiger partial charge in [0.15, 0.2) is 0 Å². The summed E-state index contributed by atoms with van der Waals surface area (Å²) < 4.78 is 2.66. The zero-order valence-corrected chi connectivity index (χ0v) is 23.1. The van der Waals surface area contributed by atoms with Crippen molar-refractivity contribution in [1.82, 2.24) is 15.0 Å². The lowest BCUT2D eigenvalue weighted by atomic mass is 10.3. The Morgan fingerprint density at radius 3 is 1.58 bits per heavy atom. The van der Waals surface area contributed by atoms with E-state index in [9.17, 15) is 0 Å². The number of rotatable bonds is 5. The molecule has 7 heteroatoms. The largest absolute Gasteiger partial charge is 0.247 e. The highest BCUT2D eigenvalue weighted by atomic mass is 28.5. The molecule has 146 valence electrons. The fourth-order valence-electron chi connectivity index (χ4n) is 6.13. The van der Waals surface area contributed by atoms with Crippen molar-refractivity contribution in [2.24, 2.45) is 0 Å². The molecule has 0 aliphatic carbocycles. The minimum absolute atomic E-state index is 0.208. The van der Waals surface area contributed by atoms with Crippen LogP contribution in [0.5, 0.6) is 0 Å². The summed E-state index contributed by atoms with van der Waals surface area (Å²) in [5.41, 5.74) is 2.43. The first-order valence-corrected chi connectivity index (χ1v) is 23.8. The van der Waals surface area contributed by atoms with E-state index in [1.807, 2.05) is 0 Å². The van der Waals surface area contributed by atoms with E-state index in [0.717, 1.165) is 5.52 Å². The van der Waals surface area contributed by atoms with Gasteiger partial charge < -0.3 is 0 Å². The molecule has 0 radical (unpaired) electrons. The topological polar surface area (TPSA) is 30.7 Å². The van der Waals surface area contributed by atoms with E-state index in [1.54, 1.807) is 0 Å². The van der Waals surface area contributed by atoms with Crippen LogP contribution in [0.1, 0.15) is 0 Å². The lowest BCUT2D eigenvalue weighted by Gasteiger charge is -2.58. The van der Waals surface area contributed by atoms with E-state index in [-0.39, 0.29) is 4.41 Å². The number of hydrogen-bond donors (Lipinski definition) is 0. The van der Waals surface area contributed by atoms with E-state index >= 15 is 0 Å². The molecule has 2 rings (SSSR count). The minimum atomic E-state index is -1.60. The van der Waals surface area contributed by atoms with Gasteiger partial charge in [-0.1, -0.05) is 95.9 Å². The molecule has 26 heavy (non-hydrogen) atoms. The molecule has 0 aliphatic heterocycles. The summed E-state index contributed by atoms with van der Waals surface area (Å²) in [4.78, 5) is 0. The molecule has 0 fully saturated rings. The van der Waals surface area contributed by atoms with E-state index in [4.69, 9.17) is 10.3 Å². The third-order valence-electron chi connectivity index (χ3n) is 5.86. The molecule has 0 saturated carbocycles. The standard InChI is InChI=1S/C19H39N3Si4/c1-23(2,3)17-15-13-14-16-18(17)20-21-22(16)19(24(4,5)6,25(7,8)9)26(10,11)12/h13-15H,1-12H3. The summed E-state index contributed by atoms with van der Waals surface area (Å²) in [6.45, 7) is 30.2. The van der Waals surface area contributed by atoms with Gasteiger partial charge in [0.25, 0.3) is 0 Å². The van der Waals surface area contributed by atoms with Gasteiger partial charge in [-0.25, -0.2) is 4.68 Å². The number of aromatic nitrogens is 3. The normalized spacial score (nSPS) is 14.9. The molecule has 0 bridgehead atoms. The maximum absolute atomic E-state index is 4.93. The summed E-state index contributed by atoms with van der Waals surface area (Å²) in [7, 11) is -6.26. The van der Waals surface area contributed by atoms with Crippen molar-refractivity contribution in [2.75, 3.05) is 0 Å². The van der Waals surface area contributed by atoms with Crippen LogP contribution in [-0.4, -0.2) is 47.3 Å². The van der Waals surface area contributed by atoms with E-state index in [0.29, 0.717) is 0 Å². The molecule has 0 aliphatic rings. The van der Waals surface area contributed by atoms with Crippen molar-refractivity contribution >= 4 is 48.5 Å². The molecule has 1 aromatic heterocycles. The number of benzene rings is 1. The zero-order chi connectivity index (χ0) is 20.3. The fraction of sp³-hybridized carbons (Fsp3) is 0.684. The van der Waals surface area contributed by atoms with Crippen molar-refractivity contribution in [3.8, 4) is 0 Å². The Hall–Kier alpha value is -0.512. The molecule has 1 aromatic carbocycles. The van der Waals surface area contributed by atoms with Gasteiger partial charge in [0, 0.05) is 4.41 Å². The molecular weight excluding hydrogens is 383 g/mol. The Kier molecular flexibility index (Phi) is 5.24. The summed E-state index contributed by atoms with van der Waals surface area (Å²) in [5, 5.41) is 11.2. The van der Waals surface area contributed by atoms with Crippen LogP contribution in [0.3, 0.4) is 0 Å². The van der Waals surface area contributed by atoms with Crippen molar-refractivity contribution in [1.29, 1.82) is 0 Å². The third kappa shape index (κ3) is 3.14. The van der Waals surface area contributed by atoms with Crippen LogP contribution < -0.4 is 5.19 Å². The second-order valence-electron chi connectivity index (χ2n) is 11.9. The summed E-state index contributed by atoms with van der Waals surface area (Å²) in [5.74, 6) is 0. The molecular formula is C19H39N3Si4. The number of hydrogen-bond acceptors (Lipinski definition) is 2. The second kappa shape index (κ2) is 6.25. The Morgan fingerprint density at radius 1 is 0.731 bits per heavy atom. The SMILES string of the molecule is C[Si](C)(C)c1cccc2c1nnn2C([Si](C)(C)C)([Si](C)(C)C)[Si](C)(C)C. The fourth-order valence-corrected chi connectivity index (χ4v) is 37.0. The van der Waals surface area contributed by atoms with Gasteiger partial charge in [-0.2, -0.15) is 0 Å². The average molecular weight is 422 g/mol. The van der Waals surface area contributed by atoms with Crippen molar-refractivity contribution in [3.05, 3.63) is 18.2 Å². The predicted octanol–water partition coefficient (Wildman–Crippen LogP) is 5.30. The smallest absolute Gasteiger partial charge is 0.112 e. The van der Waals surface area contributed by atoms with Crippen LogP contribution in [0.25, 0.3) is 11.0 Å². The van der Waals surface area contributed by atoms with Crippen LogP contribution in [0, 0.1) is 0 Å². The first-order valence-electron chi connectivity index (χ1n) is 9.81. The van der Waals surface area contributed by atoms with E-state index in [1.165, 1.54) is 10.7 Å². The summed E-state index contributed by atoms with van der Waals surface area (Å²) in [6.07, 6.45) is 0.